The third-order valence-corrected chi connectivity index (χ3v) is 3.02. The Morgan fingerprint density at radius 2 is 2.18 bits per heavy atom. The van der Waals surface area contributed by atoms with Crippen molar-refractivity contribution >= 4 is 41.3 Å². The summed E-state index contributed by atoms with van der Waals surface area (Å²) in [5, 5.41) is 4.06. The van der Waals surface area contributed by atoms with Crippen LogP contribution in [0.25, 0.3) is 0 Å². The highest BCUT2D eigenvalue weighted by Crippen LogP contribution is 2.17. The van der Waals surface area contributed by atoms with Crippen molar-refractivity contribution in [2.24, 2.45) is 10.7 Å². The van der Waals surface area contributed by atoms with Crippen LogP contribution in [0.5, 0.6) is 0 Å². The van der Waals surface area contributed by atoms with Crippen LogP contribution in [-0.4, -0.2) is 17.5 Å². The summed E-state index contributed by atoms with van der Waals surface area (Å²) in [5.74, 6) is 0.452. The number of halogens is 1. The van der Waals surface area contributed by atoms with Crippen LogP contribution in [0.2, 0.25) is 0 Å². The van der Waals surface area contributed by atoms with Gasteiger partial charge in [-0.1, -0.05) is 12.2 Å². The number of nitrogens with two attached hydrogens (primary N) is 1. The lowest BCUT2D eigenvalue weighted by Gasteiger charge is -2.04. The number of hydrogen-bond donors (Lipinski definition) is 2. The van der Waals surface area contributed by atoms with Crippen molar-refractivity contribution in [2.75, 3.05) is 6.54 Å². The van der Waals surface area contributed by atoms with Gasteiger partial charge in [-0.3, -0.25) is 0 Å². The molecule has 0 radical (unpaired) electrons. The zero-order valence-electron chi connectivity index (χ0n) is 10.4. The van der Waals surface area contributed by atoms with Crippen LogP contribution in [0.3, 0.4) is 0 Å². The molecule has 0 aromatic carbocycles. The molecule has 0 saturated heterocycles. The van der Waals surface area contributed by atoms with E-state index in [0.717, 1.165) is 21.2 Å². The van der Waals surface area contributed by atoms with Gasteiger partial charge in [0.15, 0.2) is 5.96 Å². The van der Waals surface area contributed by atoms with Gasteiger partial charge >= 0.3 is 0 Å². The number of aliphatic imine (C=N–C) groups is 1. The molecule has 0 atom stereocenters. The Kier molecular flexibility index (Phi) is 7.37. The molecule has 96 valence electrons. The summed E-state index contributed by atoms with van der Waals surface area (Å²) in [6.07, 6.45) is 0. The lowest BCUT2D eigenvalue weighted by atomic mass is 10.3. The quantitative estimate of drug-likeness (QED) is 0.372. The van der Waals surface area contributed by atoms with E-state index >= 15 is 0 Å². The Balaban J connectivity index is 0.00000256. The lowest BCUT2D eigenvalue weighted by Crippen LogP contribution is -2.32. The van der Waals surface area contributed by atoms with Gasteiger partial charge in [-0.05, 0) is 20.8 Å². The summed E-state index contributed by atoms with van der Waals surface area (Å²) < 4.78 is 0. The topological polar surface area (TPSA) is 63.3 Å². The van der Waals surface area contributed by atoms with Crippen LogP contribution in [0.1, 0.15) is 22.5 Å². The summed E-state index contributed by atoms with van der Waals surface area (Å²) >= 11 is 1.66. The van der Waals surface area contributed by atoms with Gasteiger partial charge in [0.05, 0.1) is 17.2 Å². The van der Waals surface area contributed by atoms with Gasteiger partial charge in [-0.15, -0.1) is 35.3 Å². The molecule has 0 unspecified atom stereocenters. The highest BCUT2D eigenvalue weighted by Gasteiger charge is 2.03. The zero-order valence-corrected chi connectivity index (χ0v) is 13.6. The second-order valence-corrected chi connectivity index (χ2v) is 5.04. The number of guanidine groups is 1. The number of hydrogen-bond acceptors (Lipinski definition) is 3. The van der Waals surface area contributed by atoms with Crippen molar-refractivity contribution in [1.82, 2.24) is 10.3 Å². The number of thiazole rings is 1. The Morgan fingerprint density at radius 1 is 1.53 bits per heavy atom. The Bertz CT molecular complexity index is 412. The molecule has 6 heteroatoms. The van der Waals surface area contributed by atoms with Crippen molar-refractivity contribution < 1.29 is 0 Å². The van der Waals surface area contributed by atoms with Crippen LogP contribution in [-0.2, 0) is 6.54 Å². The molecular weight excluding hydrogens is 347 g/mol. The van der Waals surface area contributed by atoms with E-state index in [1.54, 1.807) is 11.3 Å². The first kappa shape index (κ1) is 16.4. The Hall–Kier alpha value is -0.630. The molecule has 1 aromatic heterocycles. The molecule has 0 aliphatic heterocycles. The number of nitrogens with zero attached hydrogens (tertiary/aromatic N) is 2. The molecule has 4 nitrogen and oxygen atoms in total. The third kappa shape index (κ3) is 6.02. The first-order valence-electron chi connectivity index (χ1n) is 5.10. The van der Waals surface area contributed by atoms with Crippen molar-refractivity contribution in [3.63, 3.8) is 0 Å². The minimum Gasteiger partial charge on any atom is -0.370 e. The third-order valence-electron chi connectivity index (χ3n) is 1.96. The van der Waals surface area contributed by atoms with Gasteiger partial charge in [0, 0.05) is 11.4 Å². The molecule has 3 N–H and O–H groups in total. The number of rotatable bonds is 4. The average molecular weight is 366 g/mol. The van der Waals surface area contributed by atoms with E-state index < -0.39 is 0 Å². The zero-order chi connectivity index (χ0) is 12.1. The second kappa shape index (κ2) is 7.65. The monoisotopic (exact) mass is 366 g/mol. The van der Waals surface area contributed by atoms with Gasteiger partial charge < -0.3 is 11.1 Å². The predicted molar refractivity (Wildman–Crippen MR) is 85.1 cm³/mol. The first-order chi connectivity index (χ1) is 7.49. The van der Waals surface area contributed by atoms with Gasteiger partial charge in [-0.2, -0.15) is 0 Å². The molecule has 1 heterocycles. The van der Waals surface area contributed by atoms with Gasteiger partial charge in [0.25, 0.3) is 0 Å². The predicted octanol–water partition coefficient (Wildman–Crippen LogP) is 2.36. The summed E-state index contributed by atoms with van der Waals surface area (Å²) in [5.41, 5.74) is 7.78. The van der Waals surface area contributed by atoms with Crippen LogP contribution in [0.15, 0.2) is 17.1 Å². The van der Waals surface area contributed by atoms with Crippen molar-refractivity contribution in [1.29, 1.82) is 0 Å². The van der Waals surface area contributed by atoms with E-state index in [9.17, 15) is 0 Å². The van der Waals surface area contributed by atoms with E-state index in [4.69, 9.17) is 5.73 Å². The van der Waals surface area contributed by atoms with E-state index in [-0.39, 0.29) is 24.0 Å². The normalized spacial score (nSPS) is 10.9. The molecule has 0 spiro atoms. The minimum absolute atomic E-state index is 0. The van der Waals surface area contributed by atoms with Gasteiger partial charge in [-0.25, -0.2) is 9.98 Å². The highest BCUT2D eigenvalue weighted by atomic mass is 127. The van der Waals surface area contributed by atoms with Crippen LogP contribution < -0.4 is 11.1 Å². The van der Waals surface area contributed by atoms with E-state index in [0.29, 0.717) is 19.0 Å². The minimum atomic E-state index is 0. The fourth-order valence-electron chi connectivity index (χ4n) is 1.17. The lowest BCUT2D eigenvalue weighted by molar-refractivity contribution is 0.941. The first-order valence-corrected chi connectivity index (χ1v) is 5.91. The SMILES string of the molecule is C=C(C)CNC(N)=NCc1sc(C)nc1C.I. The summed E-state index contributed by atoms with van der Waals surface area (Å²) in [6, 6.07) is 0. The van der Waals surface area contributed by atoms with Crippen molar-refractivity contribution in [2.45, 2.75) is 27.3 Å². The Morgan fingerprint density at radius 3 is 2.65 bits per heavy atom. The smallest absolute Gasteiger partial charge is 0.189 e. The maximum atomic E-state index is 5.71. The molecule has 1 aromatic rings. The molecule has 0 aliphatic rings. The second-order valence-electron chi connectivity index (χ2n) is 3.75. The van der Waals surface area contributed by atoms with Gasteiger partial charge in [0.2, 0.25) is 0 Å². The van der Waals surface area contributed by atoms with Crippen LogP contribution >= 0.6 is 35.3 Å². The Labute approximate surface area is 123 Å². The van der Waals surface area contributed by atoms with Crippen LogP contribution in [0.4, 0.5) is 0 Å². The summed E-state index contributed by atoms with van der Waals surface area (Å²) in [4.78, 5) is 9.75. The average Bonchev–Trinajstić information content (AvgIpc) is 2.51. The molecule has 1 rings (SSSR count). The number of aromatic nitrogens is 1. The van der Waals surface area contributed by atoms with Crippen molar-refractivity contribution in [3.8, 4) is 0 Å². The number of aryl methyl sites for hydroxylation is 2. The molecule has 0 saturated carbocycles. The van der Waals surface area contributed by atoms with Crippen molar-refractivity contribution in [3.05, 3.63) is 27.7 Å². The fourth-order valence-corrected chi connectivity index (χ4v) is 2.04. The molecular formula is C11H19IN4S. The molecule has 0 bridgehead atoms. The summed E-state index contributed by atoms with van der Waals surface area (Å²) in [7, 11) is 0. The molecule has 17 heavy (non-hydrogen) atoms. The van der Waals surface area contributed by atoms with E-state index in [2.05, 4.69) is 21.9 Å². The molecule has 0 fully saturated rings. The van der Waals surface area contributed by atoms with E-state index in [1.807, 2.05) is 20.8 Å². The fraction of sp³-hybridized carbons (Fsp3) is 0.455. The summed E-state index contributed by atoms with van der Waals surface area (Å²) in [6.45, 7) is 11.0. The highest BCUT2D eigenvalue weighted by molar-refractivity contribution is 14.0. The maximum Gasteiger partial charge on any atom is 0.189 e. The molecule has 0 aliphatic carbocycles. The molecule has 0 amide bonds. The maximum absolute atomic E-state index is 5.71. The van der Waals surface area contributed by atoms with Gasteiger partial charge in [0.1, 0.15) is 0 Å². The number of nitrogens with one attached hydrogen (secondary N) is 1. The van der Waals surface area contributed by atoms with Crippen LogP contribution in [0, 0.1) is 13.8 Å². The largest absolute Gasteiger partial charge is 0.370 e. The standard InChI is InChI=1S/C11H18N4S.HI/c1-7(2)5-13-11(12)14-6-10-8(3)15-9(4)16-10;/h1,5-6H2,2-4H3,(H3,12,13,14);1H. The van der Waals surface area contributed by atoms with E-state index in [1.165, 1.54) is 0 Å².